The van der Waals surface area contributed by atoms with E-state index in [1.807, 2.05) is 14.1 Å². The lowest BCUT2D eigenvalue weighted by molar-refractivity contribution is 0.100. The third kappa shape index (κ3) is 3.33. The highest BCUT2D eigenvalue weighted by atomic mass is 16.1. The Hall–Kier alpha value is -1.82. The number of pyridine rings is 1. The lowest BCUT2D eigenvalue weighted by Gasteiger charge is -2.32. The lowest BCUT2D eigenvalue weighted by atomic mass is 10.0. The van der Waals surface area contributed by atoms with Crippen molar-refractivity contribution in [1.82, 2.24) is 9.88 Å². The molecule has 0 aromatic carbocycles. The SMILES string of the molecule is CN(C)C(C)(C)CNc1cc(C(N)=O)c(N)cn1. The molecule has 0 aliphatic heterocycles. The van der Waals surface area contributed by atoms with Crippen molar-refractivity contribution >= 4 is 17.4 Å². The summed E-state index contributed by atoms with van der Waals surface area (Å²) < 4.78 is 0. The number of likely N-dealkylation sites (N-methyl/N-ethyl adjacent to an activating group) is 1. The molecule has 1 heterocycles. The van der Waals surface area contributed by atoms with Crippen LogP contribution in [0.25, 0.3) is 0 Å². The van der Waals surface area contributed by atoms with Gasteiger partial charge in [-0.15, -0.1) is 0 Å². The highest BCUT2D eigenvalue weighted by molar-refractivity contribution is 5.98. The van der Waals surface area contributed by atoms with Crippen molar-refractivity contribution < 1.29 is 4.79 Å². The Labute approximate surface area is 107 Å². The number of primary amides is 1. The largest absolute Gasteiger partial charge is 0.397 e. The van der Waals surface area contributed by atoms with Gasteiger partial charge in [0.2, 0.25) is 0 Å². The smallest absolute Gasteiger partial charge is 0.250 e. The van der Waals surface area contributed by atoms with Gasteiger partial charge in [-0.3, -0.25) is 4.79 Å². The van der Waals surface area contributed by atoms with E-state index in [-0.39, 0.29) is 11.1 Å². The van der Waals surface area contributed by atoms with Gasteiger partial charge in [0.1, 0.15) is 5.82 Å². The van der Waals surface area contributed by atoms with E-state index in [1.165, 1.54) is 6.20 Å². The fourth-order valence-corrected chi connectivity index (χ4v) is 1.24. The van der Waals surface area contributed by atoms with Crippen LogP contribution in [0.15, 0.2) is 12.3 Å². The Balaban J connectivity index is 2.81. The number of carbonyl (C=O) groups excluding carboxylic acids is 1. The average molecular weight is 251 g/mol. The molecule has 0 aliphatic carbocycles. The van der Waals surface area contributed by atoms with Crippen LogP contribution < -0.4 is 16.8 Å². The standard InChI is InChI=1S/C12H21N5O/c1-12(2,17(3)4)7-16-10-5-8(11(14)18)9(13)6-15-10/h5-6H,7,13H2,1-4H3,(H2,14,18)(H,15,16). The molecule has 0 atom stereocenters. The first-order chi connectivity index (χ1) is 8.24. The number of aromatic nitrogens is 1. The normalized spacial score (nSPS) is 11.6. The minimum absolute atomic E-state index is 0.0318. The first-order valence-corrected chi connectivity index (χ1v) is 5.70. The summed E-state index contributed by atoms with van der Waals surface area (Å²) in [6.45, 7) is 4.90. The average Bonchev–Trinajstić information content (AvgIpc) is 2.27. The summed E-state index contributed by atoms with van der Waals surface area (Å²) in [5.41, 5.74) is 11.4. The van der Waals surface area contributed by atoms with Crippen molar-refractivity contribution in [2.45, 2.75) is 19.4 Å². The number of nitrogens with one attached hydrogen (secondary N) is 1. The van der Waals surface area contributed by atoms with Crippen LogP contribution in [0, 0.1) is 0 Å². The van der Waals surface area contributed by atoms with E-state index in [0.29, 0.717) is 18.1 Å². The molecule has 1 rings (SSSR count). The first-order valence-electron chi connectivity index (χ1n) is 5.70. The minimum atomic E-state index is -0.551. The van der Waals surface area contributed by atoms with Crippen LogP contribution in [0.1, 0.15) is 24.2 Å². The topological polar surface area (TPSA) is 97.3 Å². The van der Waals surface area contributed by atoms with Crippen molar-refractivity contribution in [2.24, 2.45) is 5.73 Å². The number of nitrogens with two attached hydrogens (primary N) is 2. The molecule has 0 saturated carbocycles. The van der Waals surface area contributed by atoms with E-state index in [2.05, 4.69) is 29.0 Å². The van der Waals surface area contributed by atoms with Gasteiger partial charge in [0.05, 0.1) is 17.4 Å². The zero-order chi connectivity index (χ0) is 13.9. The molecule has 0 radical (unpaired) electrons. The maximum absolute atomic E-state index is 11.2. The molecule has 18 heavy (non-hydrogen) atoms. The zero-order valence-corrected chi connectivity index (χ0v) is 11.3. The van der Waals surface area contributed by atoms with E-state index in [9.17, 15) is 4.79 Å². The molecule has 1 aromatic rings. The Morgan fingerprint density at radius 1 is 1.50 bits per heavy atom. The maximum Gasteiger partial charge on any atom is 0.250 e. The van der Waals surface area contributed by atoms with Crippen molar-refractivity contribution in [2.75, 3.05) is 31.7 Å². The second-order valence-electron chi connectivity index (χ2n) is 5.08. The van der Waals surface area contributed by atoms with Crippen LogP contribution >= 0.6 is 0 Å². The monoisotopic (exact) mass is 251 g/mol. The number of hydrogen-bond acceptors (Lipinski definition) is 5. The molecule has 0 saturated heterocycles. The van der Waals surface area contributed by atoms with Crippen molar-refractivity contribution in [3.8, 4) is 0 Å². The summed E-state index contributed by atoms with van der Waals surface area (Å²) in [5, 5.41) is 3.17. The molecular weight excluding hydrogens is 230 g/mol. The molecule has 6 nitrogen and oxygen atoms in total. The molecule has 6 heteroatoms. The second-order valence-corrected chi connectivity index (χ2v) is 5.08. The van der Waals surface area contributed by atoms with E-state index in [0.717, 1.165) is 0 Å². The van der Waals surface area contributed by atoms with Gasteiger partial charge >= 0.3 is 0 Å². The van der Waals surface area contributed by atoms with Crippen LogP contribution in [0.5, 0.6) is 0 Å². The summed E-state index contributed by atoms with van der Waals surface area (Å²) in [7, 11) is 4.01. The van der Waals surface area contributed by atoms with Gasteiger partial charge in [-0.25, -0.2) is 4.98 Å². The highest BCUT2D eigenvalue weighted by Gasteiger charge is 2.20. The van der Waals surface area contributed by atoms with Gasteiger partial charge in [0.15, 0.2) is 0 Å². The van der Waals surface area contributed by atoms with Gasteiger partial charge in [-0.1, -0.05) is 0 Å². The predicted octanol–water partition coefficient (Wildman–Crippen LogP) is 0.515. The Morgan fingerprint density at radius 3 is 2.61 bits per heavy atom. The van der Waals surface area contributed by atoms with Crippen molar-refractivity contribution in [3.05, 3.63) is 17.8 Å². The highest BCUT2D eigenvalue weighted by Crippen LogP contribution is 2.16. The van der Waals surface area contributed by atoms with Gasteiger partial charge < -0.3 is 21.7 Å². The van der Waals surface area contributed by atoms with Crippen molar-refractivity contribution in [3.63, 3.8) is 0 Å². The van der Waals surface area contributed by atoms with Gasteiger partial charge in [0, 0.05) is 12.1 Å². The molecule has 0 aliphatic rings. The van der Waals surface area contributed by atoms with Crippen LogP contribution in [-0.2, 0) is 0 Å². The first kappa shape index (κ1) is 14.2. The molecule has 0 bridgehead atoms. The Morgan fingerprint density at radius 2 is 2.11 bits per heavy atom. The number of carbonyl (C=O) groups is 1. The summed E-state index contributed by atoms with van der Waals surface area (Å²) in [6, 6.07) is 1.57. The van der Waals surface area contributed by atoms with Crippen LogP contribution in [0.4, 0.5) is 11.5 Å². The summed E-state index contributed by atoms with van der Waals surface area (Å²) >= 11 is 0. The van der Waals surface area contributed by atoms with E-state index in [4.69, 9.17) is 11.5 Å². The predicted molar refractivity (Wildman–Crippen MR) is 73.4 cm³/mol. The number of hydrogen-bond donors (Lipinski definition) is 3. The van der Waals surface area contributed by atoms with Crippen LogP contribution in [0.2, 0.25) is 0 Å². The zero-order valence-electron chi connectivity index (χ0n) is 11.3. The minimum Gasteiger partial charge on any atom is -0.397 e. The summed E-state index contributed by atoms with van der Waals surface area (Å²) in [6.07, 6.45) is 1.44. The Kier molecular flexibility index (Phi) is 4.13. The van der Waals surface area contributed by atoms with Gasteiger partial charge in [-0.05, 0) is 34.0 Å². The molecule has 0 fully saturated rings. The third-order valence-electron chi connectivity index (χ3n) is 3.11. The molecule has 100 valence electrons. The number of amides is 1. The van der Waals surface area contributed by atoms with Crippen molar-refractivity contribution in [1.29, 1.82) is 0 Å². The summed E-state index contributed by atoms with van der Waals surface area (Å²) in [5.74, 6) is 0.0396. The molecule has 5 N–H and O–H groups in total. The third-order valence-corrected chi connectivity index (χ3v) is 3.11. The number of nitrogens with zero attached hydrogens (tertiary/aromatic N) is 2. The quantitative estimate of drug-likeness (QED) is 0.708. The lowest BCUT2D eigenvalue weighted by Crippen LogP contribution is -2.44. The number of nitrogen functional groups attached to an aromatic ring is 1. The molecule has 1 aromatic heterocycles. The molecule has 0 spiro atoms. The van der Waals surface area contributed by atoms with E-state index < -0.39 is 5.91 Å². The van der Waals surface area contributed by atoms with Crippen LogP contribution in [-0.4, -0.2) is 42.0 Å². The molecular formula is C12H21N5O. The summed E-state index contributed by atoms with van der Waals surface area (Å²) in [4.78, 5) is 17.4. The number of rotatable bonds is 5. The van der Waals surface area contributed by atoms with Crippen LogP contribution in [0.3, 0.4) is 0 Å². The molecule has 0 unspecified atom stereocenters. The fraction of sp³-hybridized carbons (Fsp3) is 0.500. The molecule has 1 amide bonds. The Bertz CT molecular complexity index is 442. The fourth-order valence-electron chi connectivity index (χ4n) is 1.24. The maximum atomic E-state index is 11.2. The van der Waals surface area contributed by atoms with E-state index in [1.54, 1.807) is 6.07 Å². The van der Waals surface area contributed by atoms with Gasteiger partial charge in [-0.2, -0.15) is 0 Å². The van der Waals surface area contributed by atoms with E-state index >= 15 is 0 Å². The number of anilines is 2. The second kappa shape index (κ2) is 5.22. The van der Waals surface area contributed by atoms with Gasteiger partial charge in [0.25, 0.3) is 5.91 Å².